The summed E-state index contributed by atoms with van der Waals surface area (Å²) in [4.78, 5) is 2.37. The third-order valence-corrected chi connectivity index (χ3v) is 7.13. The predicted molar refractivity (Wildman–Crippen MR) is 102 cm³/mol. The Morgan fingerprint density at radius 1 is 1.19 bits per heavy atom. The molecule has 0 aliphatic carbocycles. The van der Waals surface area contributed by atoms with Crippen molar-refractivity contribution in [1.82, 2.24) is 9.62 Å². The summed E-state index contributed by atoms with van der Waals surface area (Å²) in [6.45, 7) is 5.56. The summed E-state index contributed by atoms with van der Waals surface area (Å²) < 4.78 is 33.5. The first-order valence-electron chi connectivity index (χ1n) is 9.56. The topological polar surface area (TPSA) is 99.1 Å². The highest BCUT2D eigenvalue weighted by Crippen LogP contribution is 2.29. The fourth-order valence-corrected chi connectivity index (χ4v) is 4.96. The van der Waals surface area contributed by atoms with Gasteiger partial charge in [0.1, 0.15) is 12.2 Å². The molecule has 0 bridgehead atoms. The van der Waals surface area contributed by atoms with Crippen LogP contribution in [0.4, 0.5) is 0 Å². The van der Waals surface area contributed by atoms with E-state index >= 15 is 0 Å². The largest absolute Gasteiger partial charge is 0.394 e. The van der Waals surface area contributed by atoms with E-state index in [9.17, 15) is 18.6 Å². The van der Waals surface area contributed by atoms with Gasteiger partial charge < -0.3 is 14.9 Å². The van der Waals surface area contributed by atoms with Crippen LogP contribution in [0, 0.1) is 12.8 Å². The smallest absolute Gasteiger partial charge is 0.240 e. The molecule has 2 aliphatic heterocycles. The van der Waals surface area contributed by atoms with Crippen LogP contribution in [0.25, 0.3) is 0 Å². The number of aliphatic hydroxyl groups excluding tert-OH is 2. The number of benzene rings is 1. The molecule has 3 N–H and O–H groups in total. The van der Waals surface area contributed by atoms with Crippen LogP contribution in [0.3, 0.4) is 0 Å². The van der Waals surface area contributed by atoms with Crippen molar-refractivity contribution in [3.8, 4) is 0 Å². The number of sulfonamides is 1. The van der Waals surface area contributed by atoms with E-state index in [0.29, 0.717) is 5.92 Å². The molecule has 1 aromatic carbocycles. The summed E-state index contributed by atoms with van der Waals surface area (Å²) in [5.41, 5.74) is 0.987. The molecule has 3 rings (SSSR count). The number of ether oxygens (including phenoxy) is 1. The Balaban J connectivity index is 1.70. The second-order valence-electron chi connectivity index (χ2n) is 7.76. The fraction of sp³-hybridized carbons (Fsp3) is 0.684. The number of rotatable bonds is 6. The Kier molecular flexibility index (Phi) is 6.55. The van der Waals surface area contributed by atoms with E-state index in [4.69, 9.17) is 4.74 Å². The molecule has 152 valence electrons. The van der Waals surface area contributed by atoms with E-state index in [0.717, 1.165) is 31.5 Å². The average Bonchev–Trinajstić information content (AvgIpc) is 2.97. The Bertz CT molecular complexity index is 716. The molecule has 0 unspecified atom stereocenters. The Morgan fingerprint density at radius 3 is 2.41 bits per heavy atom. The highest BCUT2D eigenvalue weighted by molar-refractivity contribution is 7.89. The standard InChI is InChI=1S/C19H30N2O5S/c1-13-3-5-15(6-4-13)27(24,25)20-11-16-18(19(23)17(12-22)26-16)21-9-7-14(2)8-10-21/h3-6,14,16-20,22-23H,7-12H2,1-2H3/t16-,17+,18+,19-/m1/s1. The SMILES string of the molecule is Cc1ccc(S(=O)(=O)NC[C@H]2O[C@@H](CO)[C@@H](O)[C@H]2N2CCC(C)CC2)cc1. The van der Waals surface area contributed by atoms with Crippen LogP contribution in [-0.4, -0.2) is 74.1 Å². The van der Waals surface area contributed by atoms with Crippen molar-refractivity contribution >= 4 is 10.0 Å². The fourth-order valence-electron chi connectivity index (χ4n) is 3.92. The highest BCUT2D eigenvalue weighted by Gasteiger charge is 2.46. The molecule has 0 aromatic heterocycles. The van der Waals surface area contributed by atoms with Gasteiger partial charge in [-0.25, -0.2) is 13.1 Å². The van der Waals surface area contributed by atoms with E-state index in [2.05, 4.69) is 16.5 Å². The lowest BCUT2D eigenvalue weighted by Gasteiger charge is -2.38. The number of aliphatic hydroxyl groups is 2. The zero-order chi connectivity index (χ0) is 19.6. The number of aryl methyl sites for hydroxylation is 1. The molecule has 0 spiro atoms. The number of piperidine rings is 1. The molecule has 2 heterocycles. The molecule has 2 fully saturated rings. The van der Waals surface area contributed by atoms with Gasteiger partial charge in [0.05, 0.1) is 23.6 Å². The second kappa shape index (κ2) is 8.55. The zero-order valence-electron chi connectivity index (χ0n) is 15.9. The lowest BCUT2D eigenvalue weighted by atomic mass is 9.94. The number of hydrogen-bond donors (Lipinski definition) is 3. The lowest BCUT2D eigenvalue weighted by Crippen LogP contribution is -2.53. The van der Waals surface area contributed by atoms with Gasteiger partial charge in [0.2, 0.25) is 10.0 Å². The second-order valence-corrected chi connectivity index (χ2v) is 9.53. The van der Waals surface area contributed by atoms with Gasteiger partial charge in [-0.15, -0.1) is 0 Å². The molecular weight excluding hydrogens is 368 g/mol. The Morgan fingerprint density at radius 2 is 1.81 bits per heavy atom. The van der Waals surface area contributed by atoms with Crippen molar-refractivity contribution in [1.29, 1.82) is 0 Å². The van der Waals surface area contributed by atoms with Crippen molar-refractivity contribution in [2.24, 2.45) is 5.92 Å². The van der Waals surface area contributed by atoms with Crippen molar-refractivity contribution in [2.75, 3.05) is 26.2 Å². The third-order valence-electron chi connectivity index (χ3n) is 5.69. The first-order chi connectivity index (χ1) is 12.8. The van der Waals surface area contributed by atoms with Gasteiger partial charge in [-0.3, -0.25) is 4.90 Å². The summed E-state index contributed by atoms with van der Waals surface area (Å²) in [6.07, 6.45) is 0.0372. The number of nitrogens with one attached hydrogen (secondary N) is 1. The minimum Gasteiger partial charge on any atom is -0.394 e. The summed E-state index contributed by atoms with van der Waals surface area (Å²) in [6, 6.07) is 6.33. The predicted octanol–water partition coefficient (Wildman–Crippen LogP) is 0.494. The van der Waals surface area contributed by atoms with Crippen LogP contribution < -0.4 is 4.72 Å². The molecular formula is C19H30N2O5S. The molecule has 0 radical (unpaired) electrons. The van der Waals surface area contributed by atoms with Crippen LogP contribution >= 0.6 is 0 Å². The van der Waals surface area contributed by atoms with Gasteiger partial charge in [0.25, 0.3) is 0 Å². The van der Waals surface area contributed by atoms with Crippen molar-refractivity contribution in [2.45, 2.75) is 55.9 Å². The highest BCUT2D eigenvalue weighted by atomic mass is 32.2. The zero-order valence-corrected chi connectivity index (χ0v) is 16.7. The number of hydrogen-bond acceptors (Lipinski definition) is 6. The lowest BCUT2D eigenvalue weighted by molar-refractivity contribution is -0.0201. The van der Waals surface area contributed by atoms with Crippen LogP contribution in [0.2, 0.25) is 0 Å². The van der Waals surface area contributed by atoms with E-state index in [1.54, 1.807) is 24.3 Å². The minimum absolute atomic E-state index is 0.0560. The maximum Gasteiger partial charge on any atom is 0.240 e. The van der Waals surface area contributed by atoms with Crippen molar-refractivity contribution < 1.29 is 23.4 Å². The molecule has 0 saturated carbocycles. The Hall–Kier alpha value is -1.03. The number of nitrogens with zero attached hydrogens (tertiary/aromatic N) is 1. The summed E-state index contributed by atoms with van der Waals surface area (Å²) in [5.74, 6) is 0.646. The quantitative estimate of drug-likeness (QED) is 0.645. The first-order valence-corrected chi connectivity index (χ1v) is 11.0. The van der Waals surface area contributed by atoms with Crippen LogP contribution in [-0.2, 0) is 14.8 Å². The third kappa shape index (κ3) is 4.70. The maximum atomic E-state index is 12.6. The van der Waals surface area contributed by atoms with Gasteiger partial charge in [0.15, 0.2) is 0 Å². The molecule has 7 nitrogen and oxygen atoms in total. The van der Waals surface area contributed by atoms with E-state index in [1.165, 1.54) is 0 Å². The van der Waals surface area contributed by atoms with Gasteiger partial charge >= 0.3 is 0 Å². The normalized spacial score (nSPS) is 30.7. The van der Waals surface area contributed by atoms with Crippen molar-refractivity contribution in [3.63, 3.8) is 0 Å². The van der Waals surface area contributed by atoms with Crippen LogP contribution in [0.15, 0.2) is 29.2 Å². The summed E-state index contributed by atoms with van der Waals surface area (Å²) in [5, 5.41) is 20.1. The van der Waals surface area contributed by atoms with E-state index in [1.807, 2.05) is 6.92 Å². The van der Waals surface area contributed by atoms with Crippen molar-refractivity contribution in [3.05, 3.63) is 29.8 Å². The van der Waals surface area contributed by atoms with E-state index < -0.39 is 28.3 Å². The van der Waals surface area contributed by atoms with E-state index in [-0.39, 0.29) is 24.1 Å². The van der Waals surface area contributed by atoms with Crippen LogP contribution in [0.1, 0.15) is 25.3 Å². The van der Waals surface area contributed by atoms with Gasteiger partial charge in [-0.05, 0) is 50.9 Å². The minimum atomic E-state index is -3.66. The first kappa shape index (κ1) is 20.7. The Labute approximate surface area is 161 Å². The molecule has 0 amide bonds. The van der Waals surface area contributed by atoms with Gasteiger partial charge in [-0.2, -0.15) is 0 Å². The molecule has 2 saturated heterocycles. The number of likely N-dealkylation sites (tertiary alicyclic amines) is 1. The molecule has 2 aliphatic rings. The maximum absolute atomic E-state index is 12.6. The van der Waals surface area contributed by atoms with Crippen LogP contribution in [0.5, 0.6) is 0 Å². The molecule has 27 heavy (non-hydrogen) atoms. The van der Waals surface area contributed by atoms with Gasteiger partial charge in [0, 0.05) is 6.54 Å². The molecule has 1 aromatic rings. The monoisotopic (exact) mass is 398 g/mol. The van der Waals surface area contributed by atoms with Gasteiger partial charge in [-0.1, -0.05) is 24.6 Å². The summed E-state index contributed by atoms with van der Waals surface area (Å²) >= 11 is 0. The average molecular weight is 399 g/mol. The summed E-state index contributed by atoms with van der Waals surface area (Å²) in [7, 11) is -3.66. The molecule has 4 atom stereocenters. The molecule has 8 heteroatoms.